The second-order valence-electron chi connectivity index (χ2n) is 14.7. The van der Waals surface area contributed by atoms with Gasteiger partial charge in [0.1, 0.15) is 35.1 Å². The third kappa shape index (κ3) is 15.2. The first-order valence-corrected chi connectivity index (χ1v) is 20.6. The van der Waals surface area contributed by atoms with E-state index in [2.05, 4.69) is 26.3 Å². The monoisotopic (exact) mass is 960 g/mol. The van der Waals surface area contributed by atoms with Gasteiger partial charge in [0.25, 0.3) is 0 Å². The molecule has 67 heavy (non-hydrogen) atoms. The summed E-state index contributed by atoms with van der Waals surface area (Å²) in [6.07, 6.45) is -1.88. The Balaban J connectivity index is 1.69. The molecule has 4 rings (SSSR count). The lowest BCUT2D eigenvalue weighted by Gasteiger charge is -2.27. The number of hydrogen-bond acceptors (Lipinski definition) is 12. The lowest BCUT2D eigenvalue weighted by molar-refractivity contribution is -0.142. The highest BCUT2D eigenvalue weighted by Gasteiger charge is 2.36. The summed E-state index contributed by atoms with van der Waals surface area (Å²) >= 11 is 1.03. The van der Waals surface area contributed by atoms with E-state index in [-0.39, 0.29) is 16.9 Å². The quantitative estimate of drug-likeness (QED) is 0.0243. The third-order valence-electron chi connectivity index (χ3n) is 9.50. The number of carbonyl (C=O) groups excluding carboxylic acids is 7. The van der Waals surface area contributed by atoms with Gasteiger partial charge in [-0.2, -0.15) is 0 Å². The van der Waals surface area contributed by atoms with Crippen molar-refractivity contribution >= 4 is 64.6 Å². The summed E-state index contributed by atoms with van der Waals surface area (Å²) in [6, 6.07) is 3.62. The molecule has 0 spiro atoms. The Labute approximate surface area is 380 Å². The lowest BCUT2D eigenvalue weighted by atomic mass is 10.00. The molecule has 0 radical (unpaired) electrons. The van der Waals surface area contributed by atoms with Gasteiger partial charge in [0.05, 0.1) is 12.8 Å². The number of Topliss-reactive ketones (excluding diaryl/α,β-unsaturated/α-hetero) is 1. The summed E-state index contributed by atoms with van der Waals surface area (Å²) in [5, 5.41) is 29.9. The number of carboxylic acid groups (broad SMARTS) is 2. The number of benzene rings is 2. The van der Waals surface area contributed by atoms with Crippen molar-refractivity contribution in [3.8, 4) is 0 Å². The molecule has 0 aliphatic carbocycles. The molecular weight excluding hydrogens is 920 g/mol. The minimum atomic E-state index is -2.57. The molecule has 5 atom stereocenters. The van der Waals surface area contributed by atoms with E-state index in [1.54, 1.807) is 19.1 Å². The van der Waals surface area contributed by atoms with Crippen LogP contribution in [0.4, 0.5) is 22.0 Å². The highest BCUT2D eigenvalue weighted by atomic mass is 32.1. The molecule has 0 fully saturated rings. The molecule has 2 heterocycles. The summed E-state index contributed by atoms with van der Waals surface area (Å²) in [6.45, 7) is 1.72. The minimum Gasteiger partial charge on any atom is -0.481 e. The fourth-order valence-corrected chi connectivity index (χ4v) is 7.02. The molecule has 0 unspecified atom stereocenters. The second-order valence-corrected chi connectivity index (χ2v) is 15.9. The van der Waals surface area contributed by atoms with Crippen LogP contribution in [0.1, 0.15) is 51.0 Å². The molecule has 5 amide bonds. The highest BCUT2D eigenvalue weighted by molar-refractivity contribution is 7.13. The minimum absolute atomic E-state index is 0.106. The van der Waals surface area contributed by atoms with Crippen LogP contribution in [0, 0.1) is 36.0 Å². The van der Waals surface area contributed by atoms with Gasteiger partial charge < -0.3 is 41.5 Å². The maximum atomic E-state index is 15.1. The molecule has 24 heteroatoms. The van der Waals surface area contributed by atoms with Gasteiger partial charge in [-0.3, -0.25) is 43.3 Å². The second kappa shape index (κ2) is 24.1. The number of amides is 5. The van der Waals surface area contributed by atoms with Gasteiger partial charge in [-0.1, -0.05) is 36.4 Å². The fourth-order valence-electron chi connectivity index (χ4n) is 6.26. The Morgan fingerprint density at radius 1 is 0.597 bits per heavy atom. The third-order valence-corrected chi connectivity index (χ3v) is 10.5. The molecule has 4 aromatic rings. The van der Waals surface area contributed by atoms with E-state index in [4.69, 9.17) is 4.74 Å². The van der Waals surface area contributed by atoms with Crippen molar-refractivity contribution in [2.45, 2.75) is 76.2 Å². The molecule has 0 bridgehead atoms. The van der Waals surface area contributed by atoms with E-state index in [0.29, 0.717) is 5.56 Å². The maximum Gasteiger partial charge on any atom is 0.348 e. The average molecular weight is 961 g/mol. The number of ether oxygens (including phenoxy) is 1. The van der Waals surface area contributed by atoms with Crippen LogP contribution in [0.5, 0.6) is 0 Å². The first kappa shape index (κ1) is 52.0. The van der Waals surface area contributed by atoms with Crippen LogP contribution in [0.15, 0.2) is 67.0 Å². The fraction of sp³-hybridized carbons (Fsp3) is 0.302. The van der Waals surface area contributed by atoms with E-state index < -0.39 is 150 Å². The van der Waals surface area contributed by atoms with Gasteiger partial charge >= 0.3 is 17.9 Å². The number of pyridine rings is 1. The van der Waals surface area contributed by atoms with Crippen LogP contribution in [0.25, 0.3) is 0 Å². The Hall–Kier alpha value is -7.63. The zero-order valence-electron chi connectivity index (χ0n) is 35.2. The summed E-state index contributed by atoms with van der Waals surface area (Å²) in [7, 11) is 0. The Bertz CT molecular complexity index is 2490. The van der Waals surface area contributed by atoms with Crippen molar-refractivity contribution < 1.29 is 80.1 Å². The molecule has 2 aromatic heterocycles. The van der Waals surface area contributed by atoms with E-state index >= 15 is 8.78 Å². The molecule has 0 saturated carbocycles. The molecule has 7 N–H and O–H groups in total. The van der Waals surface area contributed by atoms with Crippen LogP contribution in [0.3, 0.4) is 0 Å². The zero-order chi connectivity index (χ0) is 49.5. The van der Waals surface area contributed by atoms with Crippen LogP contribution in [-0.4, -0.2) is 105 Å². The normalized spacial score (nSPS) is 13.1. The Morgan fingerprint density at radius 2 is 1.07 bits per heavy atom. The number of carbonyl (C=O) groups is 9. The number of aliphatic carboxylic acids is 2. The van der Waals surface area contributed by atoms with Crippen LogP contribution in [0.2, 0.25) is 0 Å². The number of thiophene rings is 1. The highest BCUT2D eigenvalue weighted by Crippen LogP contribution is 2.24. The van der Waals surface area contributed by atoms with Crippen molar-refractivity contribution in [2.75, 3.05) is 6.61 Å². The van der Waals surface area contributed by atoms with Crippen LogP contribution >= 0.6 is 11.3 Å². The van der Waals surface area contributed by atoms with Crippen molar-refractivity contribution in [1.29, 1.82) is 0 Å². The first-order chi connectivity index (χ1) is 31.6. The molecule has 0 aliphatic heterocycles. The van der Waals surface area contributed by atoms with Gasteiger partial charge in [-0.25, -0.2) is 26.7 Å². The Morgan fingerprint density at radius 3 is 1.60 bits per heavy atom. The molecule has 0 saturated heterocycles. The number of aromatic nitrogens is 1. The maximum absolute atomic E-state index is 15.1. The number of aryl methyl sites for hydroxylation is 1. The number of nitrogens with one attached hydrogen (secondary N) is 5. The lowest BCUT2D eigenvalue weighted by Crippen LogP contribution is -2.60. The molecule has 18 nitrogen and oxygen atoms in total. The van der Waals surface area contributed by atoms with E-state index in [1.807, 2.05) is 5.32 Å². The Kier molecular flexibility index (Phi) is 18.7. The molecule has 356 valence electrons. The van der Waals surface area contributed by atoms with Crippen molar-refractivity contribution in [3.63, 3.8) is 0 Å². The predicted molar refractivity (Wildman–Crippen MR) is 222 cm³/mol. The van der Waals surface area contributed by atoms with Crippen molar-refractivity contribution in [2.24, 2.45) is 0 Å². The summed E-state index contributed by atoms with van der Waals surface area (Å²) in [5.74, 6) is -24.1. The number of nitrogens with zero attached hydrogens (tertiary/aromatic N) is 1. The van der Waals surface area contributed by atoms with Gasteiger partial charge in [0.15, 0.2) is 35.7 Å². The summed E-state index contributed by atoms with van der Waals surface area (Å²) in [5.41, 5.74) is -0.967. The van der Waals surface area contributed by atoms with Gasteiger partial charge in [-0.05, 0) is 36.2 Å². The van der Waals surface area contributed by atoms with Gasteiger partial charge in [0.2, 0.25) is 35.4 Å². The van der Waals surface area contributed by atoms with Crippen molar-refractivity contribution in [3.05, 3.63) is 123 Å². The topological polar surface area (TPSA) is 276 Å². The number of halogens is 5. The van der Waals surface area contributed by atoms with Crippen molar-refractivity contribution in [1.82, 2.24) is 31.6 Å². The first-order valence-electron chi connectivity index (χ1n) is 19.8. The molecular formula is C43H41F5N6O12S. The van der Waals surface area contributed by atoms with E-state index in [0.717, 1.165) is 23.1 Å². The standard InChI is InChI=1S/C43H41F5N6O12S/c1-20-10-11-31(67-20)43(65)66-19-30(56)25(16-32(57)58)51-40(62)27(13-22-7-4-3-5-8-22)52-41(63)28(15-24-34(44)36(46)38(48)37(47)35(24)45)53-42(64)29(17-33(59)60)54-39(61)26(50-21(2)55)14-23-9-6-12-49-18-23/h3-12,18,25-29H,13-17,19H2,1-2H3,(H,50,55)(H,51,62)(H,52,63)(H,53,64)(H,54,61)(H,57,58)(H,59,60)/t25-,26-,27-,28-,29-/m0/s1. The smallest absolute Gasteiger partial charge is 0.348 e. The number of hydrogen-bond donors (Lipinski definition) is 7. The number of rotatable bonds is 23. The molecule has 0 aliphatic rings. The zero-order valence-corrected chi connectivity index (χ0v) is 36.0. The average Bonchev–Trinajstić information content (AvgIpc) is 3.73. The van der Waals surface area contributed by atoms with Crippen LogP contribution < -0.4 is 26.6 Å². The SMILES string of the molecule is CC(=O)N[C@@H](Cc1cccnc1)C(=O)N[C@@H](CC(=O)O)C(=O)N[C@@H](Cc1c(F)c(F)c(F)c(F)c1F)C(=O)N[C@@H](Cc1ccccc1)C(=O)N[C@@H](CC(=O)O)C(=O)COC(=O)c1ccc(C)s1. The number of esters is 1. The largest absolute Gasteiger partial charge is 0.481 e. The van der Waals surface area contributed by atoms with Gasteiger partial charge in [0, 0.05) is 49.0 Å². The predicted octanol–water partition coefficient (Wildman–Crippen LogP) is 1.99. The van der Waals surface area contributed by atoms with Crippen LogP contribution in [-0.2, 0) is 62.4 Å². The summed E-state index contributed by atoms with van der Waals surface area (Å²) < 4.78 is 78.2. The number of ketones is 1. The van der Waals surface area contributed by atoms with E-state index in [9.17, 15) is 66.5 Å². The summed E-state index contributed by atoms with van der Waals surface area (Å²) in [4.78, 5) is 122. The van der Waals surface area contributed by atoms with E-state index in [1.165, 1.54) is 54.9 Å². The van der Waals surface area contributed by atoms with Gasteiger partial charge in [-0.15, -0.1) is 11.3 Å². The number of carboxylic acids is 2. The molecule has 2 aromatic carbocycles.